The zero-order valence-corrected chi connectivity index (χ0v) is 14.2. The molecule has 1 heterocycles. The van der Waals surface area contributed by atoms with Gasteiger partial charge in [0.1, 0.15) is 5.82 Å². The van der Waals surface area contributed by atoms with Crippen molar-refractivity contribution in [2.75, 3.05) is 10.6 Å². The van der Waals surface area contributed by atoms with Gasteiger partial charge in [-0.2, -0.15) is 18.2 Å². The van der Waals surface area contributed by atoms with Crippen molar-refractivity contribution in [3.63, 3.8) is 0 Å². The number of nitrogens with one attached hydrogen (secondary N) is 2. The average molecular weight is 358 g/mol. The van der Waals surface area contributed by atoms with Crippen LogP contribution in [0.2, 0.25) is 0 Å². The zero-order chi connectivity index (χ0) is 18.7. The minimum Gasteiger partial charge on any atom is -0.340 e. The Hall–Kier alpha value is -3.09. The van der Waals surface area contributed by atoms with E-state index < -0.39 is 11.7 Å². The summed E-state index contributed by atoms with van der Waals surface area (Å²) in [6, 6.07) is 12.4. The van der Waals surface area contributed by atoms with Crippen molar-refractivity contribution in [1.82, 2.24) is 9.97 Å². The molecule has 7 heteroatoms. The van der Waals surface area contributed by atoms with Gasteiger partial charge in [-0.05, 0) is 55.3 Å². The Morgan fingerprint density at radius 2 is 1.69 bits per heavy atom. The van der Waals surface area contributed by atoms with Crippen LogP contribution in [-0.4, -0.2) is 9.97 Å². The van der Waals surface area contributed by atoms with Crippen LogP contribution in [-0.2, 0) is 6.18 Å². The van der Waals surface area contributed by atoms with Crippen molar-refractivity contribution >= 4 is 23.1 Å². The molecular formula is C19H17F3N4. The predicted molar refractivity (Wildman–Crippen MR) is 96.0 cm³/mol. The van der Waals surface area contributed by atoms with E-state index in [9.17, 15) is 13.2 Å². The number of nitrogens with zero attached hydrogens (tertiary/aromatic N) is 2. The number of halogens is 3. The smallest absolute Gasteiger partial charge is 0.340 e. The van der Waals surface area contributed by atoms with Crippen LogP contribution in [0.1, 0.15) is 16.7 Å². The van der Waals surface area contributed by atoms with Crippen LogP contribution in [0.15, 0.2) is 54.7 Å². The van der Waals surface area contributed by atoms with E-state index in [1.807, 2.05) is 32.0 Å². The van der Waals surface area contributed by atoms with E-state index >= 15 is 0 Å². The van der Waals surface area contributed by atoms with Crippen LogP contribution >= 0.6 is 0 Å². The number of aryl methyl sites for hydroxylation is 1. The van der Waals surface area contributed by atoms with Crippen LogP contribution in [0.25, 0.3) is 0 Å². The van der Waals surface area contributed by atoms with Crippen LogP contribution in [0, 0.1) is 13.8 Å². The average Bonchev–Trinajstić information content (AvgIpc) is 2.59. The molecule has 3 rings (SSSR count). The van der Waals surface area contributed by atoms with E-state index in [0.717, 1.165) is 28.9 Å². The number of anilines is 4. The van der Waals surface area contributed by atoms with E-state index in [4.69, 9.17) is 0 Å². The Morgan fingerprint density at radius 3 is 2.46 bits per heavy atom. The molecular weight excluding hydrogens is 341 g/mol. The van der Waals surface area contributed by atoms with Crippen molar-refractivity contribution in [2.24, 2.45) is 0 Å². The van der Waals surface area contributed by atoms with E-state index in [0.29, 0.717) is 17.5 Å². The summed E-state index contributed by atoms with van der Waals surface area (Å²) in [7, 11) is 0. The first-order valence-corrected chi connectivity index (χ1v) is 7.93. The minimum atomic E-state index is -4.39. The Balaban J connectivity index is 1.81. The molecule has 26 heavy (non-hydrogen) atoms. The monoisotopic (exact) mass is 358 g/mol. The van der Waals surface area contributed by atoms with Crippen LogP contribution < -0.4 is 10.6 Å². The van der Waals surface area contributed by atoms with Crippen LogP contribution in [0.3, 0.4) is 0 Å². The lowest BCUT2D eigenvalue weighted by molar-refractivity contribution is -0.137. The third-order valence-corrected chi connectivity index (χ3v) is 3.97. The van der Waals surface area contributed by atoms with Crippen molar-refractivity contribution in [1.29, 1.82) is 0 Å². The van der Waals surface area contributed by atoms with Gasteiger partial charge < -0.3 is 10.6 Å². The predicted octanol–water partition coefficient (Wildman–Crippen LogP) is 5.60. The summed E-state index contributed by atoms with van der Waals surface area (Å²) in [6.07, 6.45) is -2.85. The van der Waals surface area contributed by atoms with Gasteiger partial charge in [-0.15, -0.1) is 0 Å². The number of benzene rings is 2. The van der Waals surface area contributed by atoms with Gasteiger partial charge in [0.25, 0.3) is 0 Å². The molecule has 2 aromatic carbocycles. The van der Waals surface area contributed by atoms with E-state index in [1.54, 1.807) is 12.1 Å². The molecule has 0 spiro atoms. The molecule has 0 amide bonds. The lowest BCUT2D eigenvalue weighted by Crippen LogP contribution is -2.06. The van der Waals surface area contributed by atoms with E-state index in [-0.39, 0.29) is 0 Å². The first kappa shape index (κ1) is 17.7. The van der Waals surface area contributed by atoms with Gasteiger partial charge in [0, 0.05) is 17.6 Å². The Bertz CT molecular complexity index is 923. The molecule has 0 aliphatic carbocycles. The molecule has 1 aromatic heterocycles. The van der Waals surface area contributed by atoms with Gasteiger partial charge in [0.2, 0.25) is 5.95 Å². The molecule has 0 saturated carbocycles. The molecule has 3 aromatic rings. The van der Waals surface area contributed by atoms with Gasteiger partial charge in [0.05, 0.1) is 5.56 Å². The number of rotatable bonds is 4. The fraction of sp³-hybridized carbons (Fsp3) is 0.158. The van der Waals surface area contributed by atoms with Crippen molar-refractivity contribution in [2.45, 2.75) is 20.0 Å². The molecule has 2 N–H and O–H groups in total. The Morgan fingerprint density at radius 1 is 0.923 bits per heavy atom. The molecule has 0 bridgehead atoms. The second-order valence-electron chi connectivity index (χ2n) is 5.84. The van der Waals surface area contributed by atoms with E-state index in [1.165, 1.54) is 12.3 Å². The van der Waals surface area contributed by atoms with Gasteiger partial charge in [-0.25, -0.2) is 4.98 Å². The molecule has 0 aliphatic rings. The summed E-state index contributed by atoms with van der Waals surface area (Å²) in [6.45, 7) is 4.00. The third-order valence-electron chi connectivity index (χ3n) is 3.97. The molecule has 0 unspecified atom stereocenters. The first-order valence-electron chi connectivity index (χ1n) is 7.93. The molecule has 4 nitrogen and oxygen atoms in total. The highest BCUT2D eigenvalue weighted by Crippen LogP contribution is 2.31. The zero-order valence-electron chi connectivity index (χ0n) is 14.2. The first-order chi connectivity index (χ1) is 12.3. The molecule has 0 saturated heterocycles. The second kappa shape index (κ2) is 7.03. The van der Waals surface area contributed by atoms with Gasteiger partial charge in [-0.1, -0.05) is 18.2 Å². The quantitative estimate of drug-likeness (QED) is 0.637. The summed E-state index contributed by atoms with van der Waals surface area (Å²) in [4.78, 5) is 8.47. The fourth-order valence-corrected chi connectivity index (χ4v) is 2.42. The molecule has 0 atom stereocenters. The number of aromatic nitrogens is 2. The number of hydrogen-bond acceptors (Lipinski definition) is 4. The maximum atomic E-state index is 12.8. The third kappa shape index (κ3) is 4.11. The highest BCUT2D eigenvalue weighted by atomic mass is 19.4. The lowest BCUT2D eigenvalue weighted by atomic mass is 10.1. The highest BCUT2D eigenvalue weighted by Gasteiger charge is 2.30. The minimum absolute atomic E-state index is 0.302. The topological polar surface area (TPSA) is 49.8 Å². The van der Waals surface area contributed by atoms with Crippen molar-refractivity contribution in [3.8, 4) is 0 Å². The molecule has 134 valence electrons. The van der Waals surface area contributed by atoms with Crippen LogP contribution in [0.4, 0.5) is 36.3 Å². The summed E-state index contributed by atoms with van der Waals surface area (Å²) >= 11 is 0. The van der Waals surface area contributed by atoms with Crippen molar-refractivity contribution in [3.05, 3.63) is 71.4 Å². The highest BCUT2D eigenvalue weighted by molar-refractivity contribution is 5.62. The van der Waals surface area contributed by atoms with Gasteiger partial charge in [0.15, 0.2) is 0 Å². The molecule has 0 aliphatic heterocycles. The van der Waals surface area contributed by atoms with Gasteiger partial charge >= 0.3 is 6.18 Å². The standard InChI is InChI=1S/C19H17F3N4/c1-12-5-3-8-16(13(12)2)25-18-23-10-9-17(26-18)24-15-7-4-6-14(11-15)19(20,21)22/h3-11H,1-2H3,(H2,23,24,25,26). The summed E-state index contributed by atoms with van der Waals surface area (Å²) < 4.78 is 38.5. The van der Waals surface area contributed by atoms with E-state index in [2.05, 4.69) is 20.6 Å². The van der Waals surface area contributed by atoms with Crippen LogP contribution in [0.5, 0.6) is 0 Å². The van der Waals surface area contributed by atoms with Gasteiger partial charge in [-0.3, -0.25) is 0 Å². The summed E-state index contributed by atoms with van der Waals surface area (Å²) in [5, 5.41) is 6.01. The maximum Gasteiger partial charge on any atom is 0.416 e. The normalized spacial score (nSPS) is 11.3. The summed E-state index contributed by atoms with van der Waals surface area (Å²) in [5.41, 5.74) is 2.67. The Labute approximate surface area is 149 Å². The fourth-order valence-electron chi connectivity index (χ4n) is 2.42. The number of hydrogen-bond donors (Lipinski definition) is 2. The lowest BCUT2D eigenvalue weighted by Gasteiger charge is -2.12. The van der Waals surface area contributed by atoms with Crippen molar-refractivity contribution < 1.29 is 13.2 Å². The Kier molecular flexibility index (Phi) is 4.79. The SMILES string of the molecule is Cc1cccc(Nc2nccc(Nc3cccc(C(F)(F)F)c3)n2)c1C. The molecule has 0 fully saturated rings. The molecule has 0 radical (unpaired) electrons. The number of alkyl halides is 3. The summed E-state index contributed by atoms with van der Waals surface area (Å²) in [5.74, 6) is 0.753. The maximum absolute atomic E-state index is 12.8. The second-order valence-corrected chi connectivity index (χ2v) is 5.84. The largest absolute Gasteiger partial charge is 0.416 e.